The molecule has 43 heavy (non-hydrogen) atoms. The highest BCUT2D eigenvalue weighted by Crippen LogP contribution is 2.31. The molecule has 0 aromatic heterocycles. The number of nitrogens with one attached hydrogen (secondary N) is 1. The minimum atomic E-state index is -4.09. The van der Waals surface area contributed by atoms with Crippen LogP contribution in [0.25, 0.3) is 0 Å². The molecule has 4 aromatic rings. The highest BCUT2D eigenvalue weighted by atomic mass is 35.5. The molecule has 0 aliphatic carbocycles. The molecule has 1 aliphatic heterocycles. The number of benzene rings is 4. The third-order valence-corrected chi connectivity index (χ3v) is 9.59. The molecule has 1 heterocycles. The Bertz CT molecular complexity index is 1700. The van der Waals surface area contributed by atoms with E-state index in [2.05, 4.69) is 5.32 Å². The summed E-state index contributed by atoms with van der Waals surface area (Å²) in [6.07, 6.45) is 4.09. The minimum Gasteiger partial charge on any atom is -0.339 e. The van der Waals surface area contributed by atoms with E-state index in [9.17, 15) is 18.0 Å². The number of anilines is 2. The molecular weight excluding hydrogens is 582 g/mol. The summed E-state index contributed by atoms with van der Waals surface area (Å²) in [6.45, 7) is 3.22. The van der Waals surface area contributed by atoms with Crippen molar-refractivity contribution in [3.05, 3.63) is 124 Å². The zero-order valence-corrected chi connectivity index (χ0v) is 25.6. The van der Waals surface area contributed by atoms with E-state index in [4.69, 9.17) is 11.6 Å². The maximum Gasteiger partial charge on any atom is 0.264 e. The quantitative estimate of drug-likeness (QED) is 0.225. The van der Waals surface area contributed by atoms with Crippen molar-refractivity contribution in [3.8, 4) is 0 Å². The molecule has 5 rings (SSSR count). The van der Waals surface area contributed by atoms with Gasteiger partial charge in [-0.2, -0.15) is 0 Å². The number of rotatable bonds is 8. The summed E-state index contributed by atoms with van der Waals surface area (Å²) in [7, 11) is -4.09. The van der Waals surface area contributed by atoms with E-state index >= 15 is 0 Å². The number of aryl methyl sites for hydroxylation is 1. The number of carbonyl (C=O) groups is 2. The highest BCUT2D eigenvalue weighted by Gasteiger charge is 2.29. The van der Waals surface area contributed by atoms with Crippen molar-refractivity contribution in [3.63, 3.8) is 0 Å². The average Bonchev–Trinajstić information content (AvgIpc) is 3.31. The fourth-order valence-electron chi connectivity index (χ4n) is 5.19. The smallest absolute Gasteiger partial charge is 0.264 e. The molecule has 1 saturated heterocycles. The molecule has 7 nitrogen and oxygen atoms in total. The molecular formula is C34H34ClN3O4S. The lowest BCUT2D eigenvalue weighted by Gasteiger charge is -2.27. The summed E-state index contributed by atoms with van der Waals surface area (Å²) < 4.78 is 29.5. The lowest BCUT2D eigenvalue weighted by molar-refractivity contribution is 0.0762. The van der Waals surface area contributed by atoms with Gasteiger partial charge in [0.1, 0.15) is 0 Å². The molecule has 222 valence electrons. The van der Waals surface area contributed by atoms with Crippen LogP contribution in [0.3, 0.4) is 0 Å². The Morgan fingerprint density at radius 2 is 1.40 bits per heavy atom. The Morgan fingerprint density at radius 3 is 2.07 bits per heavy atom. The fraction of sp³-hybridized carbons (Fsp3) is 0.235. The topological polar surface area (TPSA) is 86.8 Å². The van der Waals surface area contributed by atoms with Crippen LogP contribution in [-0.4, -0.2) is 38.2 Å². The third-order valence-electron chi connectivity index (χ3n) is 7.56. The van der Waals surface area contributed by atoms with Crippen LogP contribution in [-0.2, 0) is 16.6 Å². The number of hydrogen-bond acceptors (Lipinski definition) is 4. The second kappa shape index (κ2) is 13.4. The van der Waals surface area contributed by atoms with E-state index in [-0.39, 0.29) is 28.6 Å². The Kier molecular flexibility index (Phi) is 9.48. The molecule has 0 saturated carbocycles. The van der Waals surface area contributed by atoms with Crippen LogP contribution in [0.1, 0.15) is 57.5 Å². The number of likely N-dealkylation sites (tertiary alicyclic amines) is 1. The van der Waals surface area contributed by atoms with Gasteiger partial charge in [0.2, 0.25) is 0 Å². The van der Waals surface area contributed by atoms with E-state index in [1.165, 1.54) is 4.31 Å². The van der Waals surface area contributed by atoms with Crippen molar-refractivity contribution in [1.82, 2.24) is 4.90 Å². The van der Waals surface area contributed by atoms with Crippen LogP contribution in [0.4, 0.5) is 11.4 Å². The van der Waals surface area contributed by atoms with Gasteiger partial charge >= 0.3 is 0 Å². The van der Waals surface area contributed by atoms with Crippen molar-refractivity contribution >= 4 is 44.8 Å². The van der Waals surface area contributed by atoms with Gasteiger partial charge in [-0.25, -0.2) is 8.42 Å². The van der Waals surface area contributed by atoms with Gasteiger partial charge in [-0.3, -0.25) is 13.9 Å². The second-order valence-corrected chi connectivity index (χ2v) is 13.0. The monoisotopic (exact) mass is 615 g/mol. The Morgan fingerprint density at radius 1 is 0.791 bits per heavy atom. The van der Waals surface area contributed by atoms with Gasteiger partial charge in [0, 0.05) is 18.1 Å². The van der Waals surface area contributed by atoms with E-state index in [0.29, 0.717) is 34.9 Å². The number of halogens is 1. The number of para-hydroxylation sites is 2. The first-order valence-corrected chi connectivity index (χ1v) is 16.2. The van der Waals surface area contributed by atoms with Crippen LogP contribution in [0.15, 0.2) is 102 Å². The van der Waals surface area contributed by atoms with E-state index in [1.54, 1.807) is 97.1 Å². The summed E-state index contributed by atoms with van der Waals surface area (Å²) in [6, 6.07) is 27.0. The molecule has 9 heteroatoms. The molecule has 1 fully saturated rings. The zero-order chi connectivity index (χ0) is 30.4. The van der Waals surface area contributed by atoms with E-state index < -0.39 is 15.9 Å². The lowest BCUT2D eigenvalue weighted by Crippen LogP contribution is -2.33. The number of nitrogens with zero attached hydrogens (tertiary/aromatic N) is 2. The van der Waals surface area contributed by atoms with E-state index in [1.807, 2.05) is 11.8 Å². The molecule has 1 N–H and O–H groups in total. The predicted octanol–water partition coefficient (Wildman–Crippen LogP) is 7.31. The first kappa shape index (κ1) is 30.3. The third kappa shape index (κ3) is 7.09. The highest BCUT2D eigenvalue weighted by molar-refractivity contribution is 7.92. The molecule has 0 spiro atoms. The molecule has 4 aromatic carbocycles. The SMILES string of the molecule is Cc1ccc(S(=O)(=O)N(Cc2ccc(Cl)cc2)c2ccccc2C(=O)Nc2ccccc2C(=O)N2CCCCCC2)cc1. The summed E-state index contributed by atoms with van der Waals surface area (Å²) in [5.41, 5.74) is 2.78. The van der Waals surface area contributed by atoms with Gasteiger partial charge < -0.3 is 10.2 Å². The Labute approximate surface area is 258 Å². The standard InChI is InChI=1S/C34H34ClN3O4S/c1-25-14-20-28(21-15-25)43(41,42)38(24-26-16-18-27(35)19-17-26)32-13-7-5-11-30(32)33(39)36-31-12-6-4-10-29(31)34(40)37-22-8-2-3-9-23-37/h4-7,10-21H,2-3,8-9,22-24H2,1H3,(H,36,39). The fourth-order valence-corrected chi connectivity index (χ4v) is 6.79. The summed E-state index contributed by atoms with van der Waals surface area (Å²) in [5.74, 6) is -0.649. The normalized spacial score (nSPS) is 13.7. The number of hydrogen-bond donors (Lipinski definition) is 1. The van der Waals surface area contributed by atoms with Gasteiger partial charge in [-0.05, 0) is 73.9 Å². The van der Waals surface area contributed by atoms with Crippen LogP contribution in [0.5, 0.6) is 0 Å². The van der Waals surface area contributed by atoms with Crippen LogP contribution >= 0.6 is 11.6 Å². The zero-order valence-electron chi connectivity index (χ0n) is 24.0. The first-order chi connectivity index (χ1) is 20.7. The Hall–Kier alpha value is -4.14. The van der Waals surface area contributed by atoms with Crippen molar-refractivity contribution < 1.29 is 18.0 Å². The first-order valence-electron chi connectivity index (χ1n) is 14.4. The van der Waals surface area contributed by atoms with Gasteiger partial charge in [0.25, 0.3) is 21.8 Å². The molecule has 1 aliphatic rings. The summed E-state index contributed by atoms with van der Waals surface area (Å²) in [5, 5.41) is 3.43. The summed E-state index contributed by atoms with van der Waals surface area (Å²) in [4.78, 5) is 29.3. The van der Waals surface area contributed by atoms with Crippen LogP contribution in [0, 0.1) is 6.92 Å². The largest absolute Gasteiger partial charge is 0.339 e. The van der Waals surface area contributed by atoms with Crippen molar-refractivity contribution in [1.29, 1.82) is 0 Å². The van der Waals surface area contributed by atoms with Gasteiger partial charge in [-0.15, -0.1) is 0 Å². The molecule has 0 unspecified atom stereocenters. The Balaban J connectivity index is 1.51. The lowest BCUT2D eigenvalue weighted by atomic mass is 10.1. The molecule has 0 atom stereocenters. The van der Waals surface area contributed by atoms with Gasteiger partial charge in [-0.1, -0.05) is 78.5 Å². The number of carbonyl (C=O) groups excluding carboxylic acids is 2. The van der Waals surface area contributed by atoms with Crippen molar-refractivity contribution in [2.75, 3.05) is 22.7 Å². The van der Waals surface area contributed by atoms with Crippen molar-refractivity contribution in [2.24, 2.45) is 0 Å². The average molecular weight is 616 g/mol. The second-order valence-electron chi connectivity index (χ2n) is 10.7. The van der Waals surface area contributed by atoms with Gasteiger partial charge in [0.05, 0.1) is 33.9 Å². The maximum atomic E-state index is 14.1. The summed E-state index contributed by atoms with van der Waals surface area (Å²) >= 11 is 6.09. The molecule has 2 amide bonds. The van der Waals surface area contributed by atoms with Crippen molar-refractivity contribution in [2.45, 2.75) is 44.0 Å². The molecule has 0 bridgehead atoms. The van der Waals surface area contributed by atoms with Crippen LogP contribution in [0.2, 0.25) is 5.02 Å². The number of amides is 2. The number of sulfonamides is 1. The maximum absolute atomic E-state index is 14.1. The van der Waals surface area contributed by atoms with E-state index in [0.717, 1.165) is 31.2 Å². The molecule has 0 radical (unpaired) electrons. The minimum absolute atomic E-state index is 0.0261. The predicted molar refractivity (Wildman–Crippen MR) is 171 cm³/mol. The van der Waals surface area contributed by atoms with Crippen LogP contribution < -0.4 is 9.62 Å². The van der Waals surface area contributed by atoms with Gasteiger partial charge in [0.15, 0.2) is 0 Å².